The number of rotatable bonds is 5. The number of hydrogen-bond donors (Lipinski definition) is 3. The van der Waals surface area contributed by atoms with E-state index in [1.165, 1.54) is 0 Å². The number of pyridine rings is 1. The smallest absolute Gasteiger partial charge is 0.291 e. The molecule has 0 bridgehead atoms. The maximum absolute atomic E-state index is 13.0. The van der Waals surface area contributed by atoms with E-state index in [1.54, 1.807) is 31.5 Å². The number of fused-ring (bicyclic) bond motifs is 1. The monoisotopic (exact) mass is 513 g/mol. The van der Waals surface area contributed by atoms with E-state index in [1.807, 2.05) is 67.3 Å². The third kappa shape index (κ3) is 5.70. The summed E-state index contributed by atoms with van der Waals surface area (Å²) in [5.74, 6) is -0.0971. The first-order chi connectivity index (χ1) is 18.5. The van der Waals surface area contributed by atoms with Crippen LogP contribution >= 0.6 is 0 Å². The highest BCUT2D eigenvalue weighted by molar-refractivity contribution is 6.19. The highest BCUT2D eigenvalue weighted by Gasteiger charge is 2.30. The summed E-state index contributed by atoms with van der Waals surface area (Å²) in [6.07, 6.45) is 0.569. The van der Waals surface area contributed by atoms with Crippen LogP contribution in [0.3, 0.4) is 0 Å². The van der Waals surface area contributed by atoms with Gasteiger partial charge in [-0.25, -0.2) is 9.98 Å². The number of methoxy groups -OCH3 is 1. The second-order valence-electron chi connectivity index (χ2n) is 8.29. The molecule has 3 heterocycles. The van der Waals surface area contributed by atoms with Gasteiger partial charge >= 0.3 is 0 Å². The lowest BCUT2D eigenvalue weighted by atomic mass is 10.0. The summed E-state index contributed by atoms with van der Waals surface area (Å²) in [4.78, 5) is 28.2. The number of carbonyl (C=O) groups is 1. The molecule has 3 aromatic rings. The molecule has 1 saturated heterocycles. The van der Waals surface area contributed by atoms with E-state index in [4.69, 9.17) is 20.6 Å². The zero-order valence-corrected chi connectivity index (χ0v) is 21.6. The van der Waals surface area contributed by atoms with Gasteiger partial charge in [0.2, 0.25) is 12.1 Å². The second kappa shape index (κ2) is 12.1. The molecule has 0 radical (unpaired) electrons. The fraction of sp³-hybridized carbons (Fsp3) is 0.250. The number of aliphatic imine (C=N–C) groups is 2. The van der Waals surface area contributed by atoms with Gasteiger partial charge in [0.05, 0.1) is 23.1 Å². The fourth-order valence-corrected chi connectivity index (χ4v) is 4.05. The zero-order chi connectivity index (χ0) is 27.1. The van der Waals surface area contributed by atoms with E-state index in [2.05, 4.69) is 20.3 Å². The molecule has 10 nitrogen and oxygen atoms in total. The van der Waals surface area contributed by atoms with E-state index in [0.717, 1.165) is 11.1 Å². The van der Waals surface area contributed by atoms with Crippen molar-refractivity contribution in [3.63, 3.8) is 0 Å². The van der Waals surface area contributed by atoms with Crippen molar-refractivity contribution in [2.45, 2.75) is 26.1 Å². The van der Waals surface area contributed by atoms with Gasteiger partial charge in [0.25, 0.3) is 11.9 Å². The maximum Gasteiger partial charge on any atom is 0.291 e. The summed E-state index contributed by atoms with van der Waals surface area (Å²) < 4.78 is 10.9. The summed E-state index contributed by atoms with van der Waals surface area (Å²) in [5.41, 5.74) is 9.32. The van der Waals surface area contributed by atoms with Gasteiger partial charge in [-0.05, 0) is 18.2 Å². The molecule has 2 aliphatic rings. The molecule has 1 atom stereocenters. The number of amidine groups is 1. The maximum atomic E-state index is 13.0. The molecule has 4 N–H and O–H groups in total. The molecule has 1 unspecified atom stereocenters. The van der Waals surface area contributed by atoms with Crippen molar-refractivity contribution in [3.05, 3.63) is 89.6 Å². The number of para-hydroxylation sites is 1. The number of nitrogens with zero attached hydrogens (tertiary/aromatic N) is 4. The van der Waals surface area contributed by atoms with Gasteiger partial charge in [-0.2, -0.15) is 4.99 Å². The highest BCUT2D eigenvalue weighted by atomic mass is 16.5. The van der Waals surface area contributed by atoms with Crippen LogP contribution in [0.4, 0.5) is 11.5 Å². The van der Waals surface area contributed by atoms with E-state index in [-0.39, 0.29) is 18.0 Å². The van der Waals surface area contributed by atoms with E-state index >= 15 is 0 Å². The van der Waals surface area contributed by atoms with E-state index < -0.39 is 12.1 Å². The number of nitrogens with two attached hydrogens (primary N) is 1. The molecule has 1 aromatic heterocycles. The molecular formula is C28H31N7O3. The number of carbonyl (C=O) groups excluding carboxylic acids is 1. The molecular weight excluding hydrogens is 482 g/mol. The Bertz CT molecular complexity index is 1350. The van der Waals surface area contributed by atoms with Crippen molar-refractivity contribution in [1.82, 2.24) is 4.98 Å². The van der Waals surface area contributed by atoms with Crippen LogP contribution in [-0.2, 0) is 14.3 Å². The lowest BCUT2D eigenvalue weighted by molar-refractivity contribution is -0.117. The Morgan fingerprint density at radius 3 is 2.53 bits per heavy atom. The van der Waals surface area contributed by atoms with Gasteiger partial charge in [-0.15, -0.1) is 0 Å². The van der Waals surface area contributed by atoms with Crippen LogP contribution in [0.1, 0.15) is 30.5 Å². The average molecular weight is 514 g/mol. The Kier molecular flexibility index (Phi) is 8.44. The first kappa shape index (κ1) is 26.5. The second-order valence-corrected chi connectivity index (χ2v) is 8.29. The molecule has 2 aliphatic heterocycles. The standard InChI is InChI=1S/C26H25N7O3.C2H6/c1-35-17-14-33(15-17)24-19(11-7-13-29-24)22(27)36-26(28)32-23-25(34)30-20-12-6-5-10-18(20)21(31-23)16-8-3-2-4-9-16;1-2/h2-13,17,23,27H,14-15H2,1H3,(H2,28,32)(H,30,34);1-2H3. The van der Waals surface area contributed by atoms with Crippen LogP contribution in [0.15, 0.2) is 82.9 Å². The number of aromatic nitrogens is 1. The van der Waals surface area contributed by atoms with Crippen LogP contribution in [0, 0.1) is 5.41 Å². The topological polar surface area (TPSA) is 138 Å². The van der Waals surface area contributed by atoms with Gasteiger partial charge in [-0.1, -0.05) is 62.4 Å². The first-order valence-electron chi connectivity index (χ1n) is 12.4. The first-order valence-corrected chi connectivity index (χ1v) is 12.4. The molecule has 0 aliphatic carbocycles. The molecule has 5 rings (SSSR count). The van der Waals surface area contributed by atoms with Crippen molar-refractivity contribution < 1.29 is 14.3 Å². The predicted molar refractivity (Wildman–Crippen MR) is 149 cm³/mol. The Hall–Kier alpha value is -4.57. The van der Waals surface area contributed by atoms with Gasteiger partial charge < -0.3 is 25.4 Å². The quantitative estimate of drug-likeness (QED) is 0.353. The molecule has 196 valence electrons. The SMILES string of the molecule is CC.COC1CN(c2ncccc2C(=N)O/C(N)=N/C2N=C(c3ccccc3)c3ccccc3NC2=O)C1. The highest BCUT2D eigenvalue weighted by Crippen LogP contribution is 2.26. The third-order valence-corrected chi connectivity index (χ3v) is 5.94. The van der Waals surface area contributed by atoms with E-state index in [0.29, 0.717) is 35.9 Å². The molecule has 38 heavy (non-hydrogen) atoms. The molecule has 1 amide bonds. The molecule has 2 aromatic carbocycles. The van der Waals surface area contributed by atoms with Crippen molar-refractivity contribution in [1.29, 1.82) is 5.41 Å². The average Bonchev–Trinajstić information content (AvgIpc) is 3.06. The Morgan fingerprint density at radius 2 is 1.79 bits per heavy atom. The number of anilines is 2. The Balaban J connectivity index is 0.00000164. The lowest BCUT2D eigenvalue weighted by Crippen LogP contribution is -2.52. The number of amides is 1. The minimum Gasteiger partial charge on any atom is -0.407 e. The summed E-state index contributed by atoms with van der Waals surface area (Å²) >= 11 is 0. The van der Waals surface area contributed by atoms with Crippen LogP contribution in [0.5, 0.6) is 0 Å². The summed E-state index contributed by atoms with van der Waals surface area (Å²) in [5, 5.41) is 11.3. The largest absolute Gasteiger partial charge is 0.407 e. The Morgan fingerprint density at radius 1 is 1.08 bits per heavy atom. The zero-order valence-electron chi connectivity index (χ0n) is 21.6. The molecule has 0 spiro atoms. The summed E-state index contributed by atoms with van der Waals surface area (Å²) in [6.45, 7) is 5.33. The van der Waals surface area contributed by atoms with Crippen LogP contribution in [0.2, 0.25) is 0 Å². The number of ether oxygens (including phenoxy) is 2. The van der Waals surface area contributed by atoms with Gasteiger partial charge in [-0.3, -0.25) is 10.2 Å². The van der Waals surface area contributed by atoms with Gasteiger partial charge in [0.1, 0.15) is 5.82 Å². The van der Waals surface area contributed by atoms with Crippen molar-refractivity contribution in [2.75, 3.05) is 30.4 Å². The minimum atomic E-state index is -1.20. The van der Waals surface area contributed by atoms with Crippen molar-refractivity contribution >= 4 is 35.0 Å². The number of nitrogens with one attached hydrogen (secondary N) is 2. The van der Waals surface area contributed by atoms with Crippen LogP contribution < -0.4 is 16.0 Å². The summed E-state index contributed by atoms with van der Waals surface area (Å²) in [6, 6.07) is 20.0. The molecule has 0 saturated carbocycles. The van der Waals surface area contributed by atoms with Crippen molar-refractivity contribution in [3.8, 4) is 0 Å². The number of hydrogen-bond acceptors (Lipinski definition) is 8. The van der Waals surface area contributed by atoms with Crippen molar-refractivity contribution in [2.24, 2.45) is 15.7 Å². The van der Waals surface area contributed by atoms with E-state index in [9.17, 15) is 4.79 Å². The van der Waals surface area contributed by atoms with Gasteiger partial charge in [0, 0.05) is 37.5 Å². The third-order valence-electron chi connectivity index (χ3n) is 5.94. The fourth-order valence-electron chi connectivity index (χ4n) is 4.05. The predicted octanol–water partition coefficient (Wildman–Crippen LogP) is 3.42. The Labute approximate surface area is 221 Å². The summed E-state index contributed by atoms with van der Waals surface area (Å²) in [7, 11) is 1.66. The minimum absolute atomic E-state index is 0.121. The van der Waals surface area contributed by atoms with Gasteiger partial charge in [0.15, 0.2) is 0 Å². The lowest BCUT2D eigenvalue weighted by Gasteiger charge is -2.39. The molecule has 10 heteroatoms. The normalized spacial score (nSPS) is 17.1. The van der Waals surface area contributed by atoms with Crippen LogP contribution in [-0.4, -0.2) is 61.0 Å². The number of benzene rings is 2. The molecule has 1 fully saturated rings. The van der Waals surface area contributed by atoms with Crippen LogP contribution in [0.25, 0.3) is 0 Å². The number of benzodiazepines with no additional fused rings is 1.